The third kappa shape index (κ3) is 2.72. The number of carbonyl (C=O) groups excluding carboxylic acids is 1. The van der Waals surface area contributed by atoms with Gasteiger partial charge in [0.25, 0.3) is 5.91 Å². The number of nitrogens with one attached hydrogen (secondary N) is 1. The number of amides is 1. The molecule has 0 unspecified atom stereocenters. The normalized spacial score (nSPS) is 18.1. The Morgan fingerprint density at radius 3 is 2.17 bits per heavy atom. The van der Waals surface area contributed by atoms with Crippen LogP contribution in [-0.2, 0) is 4.79 Å². The smallest absolute Gasteiger partial charge is 0.274 e. The fraction of sp³-hybridized carbons (Fsp3) is 0.800. The zero-order chi connectivity index (χ0) is 9.72. The quantitative estimate of drug-likeness (QED) is 0.198. The molecule has 0 saturated carbocycles. The molecule has 0 aromatic heterocycles. The first-order chi connectivity index (χ1) is 5.54. The maximum absolute atomic E-state index is 10.4. The maximum atomic E-state index is 10.4. The van der Waals surface area contributed by atoms with Crippen LogP contribution >= 0.6 is 0 Å². The van der Waals surface area contributed by atoms with Gasteiger partial charge in [0, 0.05) is 0 Å². The minimum absolute atomic E-state index is 0.795. The van der Waals surface area contributed by atoms with Gasteiger partial charge in [0.05, 0.1) is 6.61 Å². The lowest BCUT2D eigenvalue weighted by Crippen LogP contribution is -2.47. The molecule has 0 aliphatic heterocycles. The Kier molecular flexibility index (Phi) is 4.71. The molecule has 72 valence electrons. The summed E-state index contributed by atoms with van der Waals surface area (Å²) in [5.41, 5.74) is 1.08. The van der Waals surface area contributed by atoms with Crippen molar-refractivity contribution in [1.29, 1.82) is 0 Å². The van der Waals surface area contributed by atoms with Crippen molar-refractivity contribution in [2.45, 2.75) is 18.3 Å². The first-order valence-electron chi connectivity index (χ1n) is 3.13. The molecule has 0 bridgehead atoms. The van der Waals surface area contributed by atoms with Crippen molar-refractivity contribution in [3.05, 3.63) is 0 Å². The maximum Gasteiger partial charge on any atom is 0.274 e. The van der Waals surface area contributed by atoms with E-state index in [1.807, 2.05) is 0 Å². The van der Waals surface area contributed by atoms with Gasteiger partial charge in [0.1, 0.15) is 12.2 Å². The van der Waals surface area contributed by atoms with Gasteiger partial charge in [-0.05, 0) is 0 Å². The predicted molar refractivity (Wildman–Crippen MR) is 35.0 cm³/mol. The molecule has 12 heavy (non-hydrogen) atoms. The Hall–Kier alpha value is -0.730. The molecule has 0 fully saturated rings. The molecule has 0 aliphatic carbocycles. The fourth-order valence-corrected chi connectivity index (χ4v) is 0.540. The van der Waals surface area contributed by atoms with E-state index in [0.717, 1.165) is 5.48 Å². The number of aliphatic hydroxyl groups excluding tert-OH is 4. The second-order valence-corrected chi connectivity index (χ2v) is 2.16. The number of hydroxylamine groups is 1. The van der Waals surface area contributed by atoms with Gasteiger partial charge >= 0.3 is 0 Å². The molecular weight excluding hydrogens is 170 g/mol. The van der Waals surface area contributed by atoms with Gasteiger partial charge in [-0.2, -0.15) is 0 Å². The van der Waals surface area contributed by atoms with Crippen LogP contribution in [-0.4, -0.2) is 56.5 Å². The summed E-state index contributed by atoms with van der Waals surface area (Å²) in [5, 5.41) is 42.7. The van der Waals surface area contributed by atoms with Crippen molar-refractivity contribution in [3.63, 3.8) is 0 Å². The van der Waals surface area contributed by atoms with E-state index in [-0.39, 0.29) is 0 Å². The van der Waals surface area contributed by atoms with Crippen molar-refractivity contribution < 1.29 is 30.4 Å². The van der Waals surface area contributed by atoms with E-state index in [2.05, 4.69) is 0 Å². The van der Waals surface area contributed by atoms with Crippen molar-refractivity contribution in [1.82, 2.24) is 5.48 Å². The molecule has 6 N–H and O–H groups in total. The van der Waals surface area contributed by atoms with Crippen LogP contribution in [0.25, 0.3) is 0 Å². The summed E-state index contributed by atoms with van der Waals surface area (Å²) >= 11 is 0. The first-order valence-corrected chi connectivity index (χ1v) is 3.13. The van der Waals surface area contributed by atoms with Gasteiger partial charge in [-0.1, -0.05) is 0 Å². The van der Waals surface area contributed by atoms with Crippen molar-refractivity contribution in [3.8, 4) is 0 Å². The summed E-state index contributed by atoms with van der Waals surface area (Å²) < 4.78 is 0. The van der Waals surface area contributed by atoms with Crippen LogP contribution in [0.1, 0.15) is 0 Å². The van der Waals surface area contributed by atoms with E-state index in [4.69, 9.17) is 25.6 Å². The number of carbonyl (C=O) groups is 1. The second-order valence-electron chi connectivity index (χ2n) is 2.16. The highest BCUT2D eigenvalue weighted by atomic mass is 16.5. The van der Waals surface area contributed by atoms with Crippen LogP contribution in [0.4, 0.5) is 0 Å². The second kappa shape index (κ2) is 5.01. The minimum Gasteiger partial charge on any atom is -0.394 e. The van der Waals surface area contributed by atoms with Crippen molar-refractivity contribution >= 4 is 5.91 Å². The van der Waals surface area contributed by atoms with E-state index in [1.165, 1.54) is 0 Å². The number of hydrogen-bond donors (Lipinski definition) is 6. The first kappa shape index (κ1) is 11.3. The Balaban J connectivity index is 4.08. The lowest BCUT2D eigenvalue weighted by Gasteiger charge is -2.19. The molecule has 0 aliphatic rings. The Morgan fingerprint density at radius 2 is 1.83 bits per heavy atom. The summed E-state index contributed by atoms with van der Waals surface area (Å²) in [7, 11) is 0. The fourth-order valence-electron chi connectivity index (χ4n) is 0.540. The van der Waals surface area contributed by atoms with Crippen LogP contribution in [0.15, 0.2) is 0 Å². The molecule has 0 aromatic carbocycles. The van der Waals surface area contributed by atoms with Gasteiger partial charge in [-0.3, -0.25) is 10.0 Å². The standard InChI is InChI=1S/C5H11NO6/c7-1-2(8)3(9)4(10)5(11)6-12/h2-4,7-10,12H,1H2,(H,6,11)/t2-,3-,4+/m1/s1. The summed E-state index contributed by atoms with van der Waals surface area (Å²) in [6.45, 7) is -0.795. The number of rotatable bonds is 4. The van der Waals surface area contributed by atoms with E-state index < -0.39 is 30.8 Å². The Labute approximate surface area is 67.8 Å². The topological polar surface area (TPSA) is 130 Å². The van der Waals surface area contributed by atoms with Gasteiger partial charge in [0.2, 0.25) is 0 Å². The number of aliphatic hydroxyl groups is 4. The lowest BCUT2D eigenvalue weighted by atomic mass is 10.1. The molecule has 0 rings (SSSR count). The van der Waals surface area contributed by atoms with Crippen LogP contribution in [0, 0.1) is 0 Å². The molecule has 7 heteroatoms. The molecule has 3 atom stereocenters. The van der Waals surface area contributed by atoms with Gasteiger partial charge < -0.3 is 20.4 Å². The molecule has 0 aromatic rings. The van der Waals surface area contributed by atoms with Crippen LogP contribution in [0.5, 0.6) is 0 Å². The van der Waals surface area contributed by atoms with E-state index in [1.54, 1.807) is 0 Å². The SMILES string of the molecule is O=C(NO)[C@@H](O)[C@H](O)[C@H](O)CO. The highest BCUT2D eigenvalue weighted by molar-refractivity contribution is 5.79. The predicted octanol–water partition coefficient (Wildman–Crippen LogP) is -3.43. The molecule has 0 radical (unpaired) electrons. The Morgan fingerprint density at radius 1 is 1.33 bits per heavy atom. The highest BCUT2D eigenvalue weighted by Crippen LogP contribution is 1.99. The molecule has 7 nitrogen and oxygen atoms in total. The minimum atomic E-state index is -1.97. The molecule has 1 amide bonds. The summed E-state index contributed by atoms with van der Waals surface area (Å²) in [6.07, 6.45) is -5.43. The van der Waals surface area contributed by atoms with Crippen molar-refractivity contribution in [2.75, 3.05) is 6.61 Å². The van der Waals surface area contributed by atoms with Gasteiger partial charge in [0.15, 0.2) is 6.10 Å². The summed E-state index contributed by atoms with van der Waals surface area (Å²) in [5.74, 6) is -1.25. The summed E-state index contributed by atoms with van der Waals surface area (Å²) in [4.78, 5) is 10.4. The Bertz CT molecular complexity index is 151. The molecule has 0 spiro atoms. The number of hydrogen-bond acceptors (Lipinski definition) is 6. The largest absolute Gasteiger partial charge is 0.394 e. The zero-order valence-corrected chi connectivity index (χ0v) is 6.08. The lowest BCUT2D eigenvalue weighted by molar-refractivity contribution is -0.150. The van der Waals surface area contributed by atoms with Crippen LogP contribution in [0.3, 0.4) is 0 Å². The average molecular weight is 181 g/mol. The van der Waals surface area contributed by atoms with Crippen molar-refractivity contribution in [2.24, 2.45) is 0 Å². The molecular formula is C5H11NO6. The van der Waals surface area contributed by atoms with E-state index in [9.17, 15) is 4.79 Å². The highest BCUT2D eigenvalue weighted by Gasteiger charge is 2.29. The average Bonchev–Trinajstić information content (AvgIpc) is 2.12. The van der Waals surface area contributed by atoms with Crippen LogP contribution in [0.2, 0.25) is 0 Å². The third-order valence-electron chi connectivity index (χ3n) is 1.28. The van der Waals surface area contributed by atoms with Gasteiger partial charge in [-0.25, -0.2) is 5.48 Å². The summed E-state index contributed by atoms with van der Waals surface area (Å²) in [6, 6.07) is 0. The van der Waals surface area contributed by atoms with E-state index in [0.29, 0.717) is 0 Å². The zero-order valence-electron chi connectivity index (χ0n) is 6.08. The van der Waals surface area contributed by atoms with E-state index >= 15 is 0 Å². The van der Waals surface area contributed by atoms with Crippen LogP contribution < -0.4 is 5.48 Å². The molecule has 0 saturated heterocycles. The molecule has 0 heterocycles. The third-order valence-corrected chi connectivity index (χ3v) is 1.28. The van der Waals surface area contributed by atoms with Gasteiger partial charge in [-0.15, -0.1) is 0 Å². The monoisotopic (exact) mass is 181 g/mol.